The number of aromatic nitrogens is 1. The number of nitrogens with one attached hydrogen (secondary N) is 2. The van der Waals surface area contributed by atoms with E-state index in [-0.39, 0.29) is 17.7 Å². The highest BCUT2D eigenvalue weighted by atomic mass is 16.6. The zero-order valence-electron chi connectivity index (χ0n) is 18.6. The molecule has 0 aliphatic heterocycles. The second-order valence-electron chi connectivity index (χ2n) is 7.86. The molecule has 7 heteroatoms. The van der Waals surface area contributed by atoms with Crippen molar-refractivity contribution in [2.45, 2.75) is 66.6 Å². The summed E-state index contributed by atoms with van der Waals surface area (Å²) in [5.41, 5.74) is 3.05. The second kappa shape index (κ2) is 9.61. The minimum Gasteiger partial charge on any atom is -0.459 e. The van der Waals surface area contributed by atoms with Gasteiger partial charge in [-0.3, -0.25) is 4.79 Å². The number of aromatic amines is 1. The van der Waals surface area contributed by atoms with E-state index in [0.29, 0.717) is 22.5 Å². The number of benzene rings is 1. The number of H-pyrrole nitrogens is 1. The summed E-state index contributed by atoms with van der Waals surface area (Å²) in [6.45, 7) is 12.4. The lowest BCUT2D eigenvalue weighted by atomic mass is 10.0. The molecule has 30 heavy (non-hydrogen) atoms. The van der Waals surface area contributed by atoms with Crippen LogP contribution in [0.3, 0.4) is 0 Å². The summed E-state index contributed by atoms with van der Waals surface area (Å²) in [5.74, 6) is -1.42. The maximum Gasteiger partial charge on any atom is 0.355 e. The van der Waals surface area contributed by atoms with Gasteiger partial charge in [0.05, 0.1) is 11.7 Å². The first-order valence-electron chi connectivity index (χ1n) is 10.0. The van der Waals surface area contributed by atoms with Gasteiger partial charge < -0.3 is 19.8 Å². The van der Waals surface area contributed by atoms with Crippen LogP contribution < -0.4 is 5.32 Å². The Balaban J connectivity index is 2.13. The van der Waals surface area contributed by atoms with Gasteiger partial charge in [-0.05, 0) is 57.7 Å². The minimum atomic E-state index is -1.02. The molecule has 0 unspecified atom stereocenters. The van der Waals surface area contributed by atoms with Crippen molar-refractivity contribution < 1.29 is 23.9 Å². The van der Waals surface area contributed by atoms with Gasteiger partial charge in [0.2, 0.25) is 0 Å². The molecule has 7 nitrogen and oxygen atoms in total. The molecule has 1 aromatic carbocycles. The molecule has 0 fully saturated rings. The monoisotopic (exact) mass is 414 g/mol. The Bertz CT molecular complexity index is 943. The molecule has 162 valence electrons. The number of rotatable bonds is 7. The van der Waals surface area contributed by atoms with Gasteiger partial charge in [-0.25, -0.2) is 9.59 Å². The van der Waals surface area contributed by atoms with Crippen molar-refractivity contribution in [2.75, 3.05) is 5.32 Å². The number of para-hydroxylation sites is 1. The van der Waals surface area contributed by atoms with E-state index in [2.05, 4.69) is 10.3 Å². The van der Waals surface area contributed by atoms with Crippen LogP contribution in [0.1, 0.15) is 78.2 Å². The Hall–Kier alpha value is -3.09. The quantitative estimate of drug-likeness (QED) is 0.650. The number of ether oxygens (including phenoxy) is 2. The second-order valence-corrected chi connectivity index (χ2v) is 7.86. The summed E-state index contributed by atoms with van der Waals surface area (Å²) in [5, 5.41) is 2.82. The molecule has 1 heterocycles. The maximum atomic E-state index is 12.6. The summed E-state index contributed by atoms with van der Waals surface area (Å²) < 4.78 is 10.6. The van der Waals surface area contributed by atoms with Gasteiger partial charge in [-0.1, -0.05) is 32.0 Å². The molecule has 1 atom stereocenters. The average molecular weight is 415 g/mol. The van der Waals surface area contributed by atoms with E-state index in [1.165, 1.54) is 6.92 Å². The zero-order chi connectivity index (χ0) is 22.6. The van der Waals surface area contributed by atoms with Crippen molar-refractivity contribution >= 4 is 23.5 Å². The first-order chi connectivity index (χ1) is 14.0. The van der Waals surface area contributed by atoms with E-state index in [0.717, 1.165) is 5.56 Å². The Morgan fingerprint density at radius 3 is 2.17 bits per heavy atom. The molecule has 0 radical (unpaired) electrons. The predicted molar refractivity (Wildman–Crippen MR) is 115 cm³/mol. The highest BCUT2D eigenvalue weighted by Gasteiger charge is 2.27. The summed E-state index contributed by atoms with van der Waals surface area (Å²) in [6, 6.07) is 7.50. The third-order valence-corrected chi connectivity index (χ3v) is 4.68. The summed E-state index contributed by atoms with van der Waals surface area (Å²) in [7, 11) is 0. The van der Waals surface area contributed by atoms with Crippen molar-refractivity contribution in [3.05, 3.63) is 52.3 Å². The molecule has 0 saturated heterocycles. The fourth-order valence-electron chi connectivity index (χ4n) is 3.15. The van der Waals surface area contributed by atoms with Crippen LogP contribution in [-0.2, 0) is 14.3 Å². The number of hydrogen-bond donors (Lipinski definition) is 2. The molecule has 0 aliphatic carbocycles. The molecule has 0 spiro atoms. The third kappa shape index (κ3) is 5.28. The van der Waals surface area contributed by atoms with Gasteiger partial charge in [-0.2, -0.15) is 0 Å². The molecule has 2 aromatic rings. The van der Waals surface area contributed by atoms with Crippen molar-refractivity contribution in [3.8, 4) is 0 Å². The van der Waals surface area contributed by atoms with Gasteiger partial charge in [0, 0.05) is 11.4 Å². The van der Waals surface area contributed by atoms with Crippen LogP contribution in [0.25, 0.3) is 0 Å². The van der Waals surface area contributed by atoms with Crippen LogP contribution in [0.4, 0.5) is 5.69 Å². The molecular weight excluding hydrogens is 384 g/mol. The van der Waals surface area contributed by atoms with Crippen molar-refractivity contribution in [3.63, 3.8) is 0 Å². The van der Waals surface area contributed by atoms with E-state index in [4.69, 9.17) is 9.47 Å². The number of anilines is 1. The van der Waals surface area contributed by atoms with Crippen LogP contribution in [0.2, 0.25) is 0 Å². The normalized spacial score (nSPS) is 12.0. The number of aryl methyl sites for hydroxylation is 1. The van der Waals surface area contributed by atoms with Crippen molar-refractivity contribution in [1.82, 2.24) is 4.98 Å². The van der Waals surface area contributed by atoms with Gasteiger partial charge in [-0.15, -0.1) is 0 Å². The van der Waals surface area contributed by atoms with Crippen LogP contribution in [0.15, 0.2) is 24.3 Å². The Morgan fingerprint density at radius 2 is 1.57 bits per heavy atom. The lowest BCUT2D eigenvalue weighted by Gasteiger charge is -2.17. The van der Waals surface area contributed by atoms with Crippen molar-refractivity contribution in [2.24, 2.45) is 0 Å². The van der Waals surface area contributed by atoms with E-state index in [1.807, 2.05) is 38.1 Å². The minimum absolute atomic E-state index is 0.130. The SMILES string of the molecule is Cc1[nH]c(C(=O)O[C@H](C)C(=O)Nc2ccccc2C(C)C)c(C)c1C(=O)OC(C)C. The smallest absolute Gasteiger partial charge is 0.355 e. The van der Waals surface area contributed by atoms with Gasteiger partial charge in [0.15, 0.2) is 6.10 Å². The van der Waals surface area contributed by atoms with Crippen molar-refractivity contribution in [1.29, 1.82) is 0 Å². The fourth-order valence-corrected chi connectivity index (χ4v) is 3.15. The summed E-state index contributed by atoms with van der Waals surface area (Å²) in [6.07, 6.45) is -1.30. The Kier molecular flexibility index (Phi) is 7.43. The first-order valence-corrected chi connectivity index (χ1v) is 10.0. The lowest BCUT2D eigenvalue weighted by molar-refractivity contribution is -0.123. The summed E-state index contributed by atoms with van der Waals surface area (Å²) >= 11 is 0. The topological polar surface area (TPSA) is 97.5 Å². The lowest BCUT2D eigenvalue weighted by Crippen LogP contribution is -2.30. The number of amides is 1. The van der Waals surface area contributed by atoms with E-state index < -0.39 is 23.9 Å². The maximum absolute atomic E-state index is 12.6. The third-order valence-electron chi connectivity index (χ3n) is 4.68. The van der Waals surface area contributed by atoms with Gasteiger partial charge in [0.25, 0.3) is 5.91 Å². The van der Waals surface area contributed by atoms with Gasteiger partial charge in [0.1, 0.15) is 5.69 Å². The standard InChI is InChI=1S/C23H30N2O5/c1-12(2)17-10-8-9-11-18(17)25-21(26)16(7)30-23(28)20-14(5)19(15(6)24-20)22(27)29-13(3)4/h8-13,16,24H,1-7H3,(H,25,26)/t16-/m1/s1. The van der Waals surface area contributed by atoms with E-state index in [1.54, 1.807) is 27.7 Å². The molecule has 2 rings (SSSR count). The number of carbonyl (C=O) groups is 3. The first kappa shape index (κ1) is 23.2. The van der Waals surface area contributed by atoms with Crippen LogP contribution >= 0.6 is 0 Å². The molecule has 0 aliphatic rings. The van der Waals surface area contributed by atoms with E-state index in [9.17, 15) is 14.4 Å². The Labute approximate surface area is 177 Å². The highest BCUT2D eigenvalue weighted by Crippen LogP contribution is 2.24. The number of esters is 2. The summed E-state index contributed by atoms with van der Waals surface area (Å²) in [4.78, 5) is 40.4. The molecule has 1 amide bonds. The highest BCUT2D eigenvalue weighted by molar-refractivity contribution is 6.00. The molecule has 0 bridgehead atoms. The molecular formula is C23H30N2O5. The Morgan fingerprint density at radius 1 is 0.933 bits per heavy atom. The van der Waals surface area contributed by atoms with E-state index >= 15 is 0 Å². The van der Waals surface area contributed by atoms with Gasteiger partial charge >= 0.3 is 11.9 Å². The molecule has 2 N–H and O–H groups in total. The van der Waals surface area contributed by atoms with Crippen LogP contribution in [0.5, 0.6) is 0 Å². The zero-order valence-corrected chi connectivity index (χ0v) is 18.6. The predicted octanol–water partition coefficient (Wildman–Crippen LogP) is 4.50. The molecule has 1 aromatic heterocycles. The van der Waals surface area contributed by atoms with Crippen LogP contribution in [0, 0.1) is 13.8 Å². The molecule has 0 saturated carbocycles. The average Bonchev–Trinajstić information content (AvgIpc) is 2.95. The van der Waals surface area contributed by atoms with Crippen LogP contribution in [-0.4, -0.2) is 35.0 Å². The number of carbonyl (C=O) groups excluding carboxylic acids is 3. The fraction of sp³-hybridized carbons (Fsp3) is 0.435. The number of hydrogen-bond acceptors (Lipinski definition) is 5. The largest absolute Gasteiger partial charge is 0.459 e.